The van der Waals surface area contributed by atoms with E-state index in [0.717, 1.165) is 11.4 Å². The van der Waals surface area contributed by atoms with Gasteiger partial charge in [0.15, 0.2) is 0 Å². The summed E-state index contributed by atoms with van der Waals surface area (Å²) in [6, 6.07) is 10.8. The van der Waals surface area contributed by atoms with Gasteiger partial charge >= 0.3 is 0 Å². The Labute approximate surface area is 182 Å². The second-order valence-electron chi connectivity index (χ2n) is 6.56. The number of carbonyl (C=O) groups is 2. The van der Waals surface area contributed by atoms with E-state index in [4.69, 9.17) is 16.6 Å². The van der Waals surface area contributed by atoms with E-state index >= 15 is 0 Å². The van der Waals surface area contributed by atoms with E-state index in [1.807, 2.05) is 35.9 Å². The number of nitrogens with zero attached hydrogens (tertiary/aromatic N) is 2. The molecule has 3 heterocycles. The normalized spacial score (nSPS) is 14.9. The molecule has 0 atom stereocenters. The Bertz CT molecular complexity index is 1150. The highest BCUT2D eigenvalue weighted by atomic mass is 32.2. The van der Waals surface area contributed by atoms with Gasteiger partial charge in [-0.1, -0.05) is 36.1 Å². The van der Waals surface area contributed by atoms with E-state index in [1.165, 1.54) is 11.8 Å². The van der Waals surface area contributed by atoms with Crippen LogP contribution in [0.25, 0.3) is 17.4 Å². The van der Waals surface area contributed by atoms with Crippen LogP contribution in [0.2, 0.25) is 0 Å². The first-order valence-corrected chi connectivity index (χ1v) is 10.4. The average molecular weight is 439 g/mol. The van der Waals surface area contributed by atoms with E-state index in [2.05, 4.69) is 15.6 Å². The van der Waals surface area contributed by atoms with Gasteiger partial charge in [-0.15, -0.1) is 0 Å². The Balaban J connectivity index is 1.37. The lowest BCUT2D eigenvalue weighted by Gasteiger charge is -2.07. The largest absolute Gasteiger partial charge is 0.457 e. The van der Waals surface area contributed by atoms with E-state index in [9.17, 15) is 9.59 Å². The average Bonchev–Trinajstić information content (AvgIpc) is 3.44. The number of rotatable bonds is 6. The predicted molar refractivity (Wildman–Crippen MR) is 120 cm³/mol. The van der Waals surface area contributed by atoms with Gasteiger partial charge in [0, 0.05) is 42.7 Å². The molecule has 152 valence electrons. The Morgan fingerprint density at radius 1 is 1.30 bits per heavy atom. The molecule has 1 aliphatic rings. The van der Waals surface area contributed by atoms with Crippen molar-refractivity contribution in [1.82, 2.24) is 20.2 Å². The zero-order chi connectivity index (χ0) is 21.1. The van der Waals surface area contributed by atoms with E-state index < -0.39 is 0 Å². The molecule has 1 saturated heterocycles. The number of thiocarbonyl (C=S) groups is 1. The highest BCUT2D eigenvalue weighted by Crippen LogP contribution is 2.28. The summed E-state index contributed by atoms with van der Waals surface area (Å²) in [5.74, 6) is 1.77. The van der Waals surface area contributed by atoms with E-state index in [1.54, 1.807) is 30.5 Å². The van der Waals surface area contributed by atoms with Crippen molar-refractivity contribution in [3.8, 4) is 11.3 Å². The molecule has 1 aliphatic heterocycles. The van der Waals surface area contributed by atoms with Crippen molar-refractivity contribution >= 4 is 46.2 Å². The molecule has 0 spiro atoms. The number of nitrogens with one attached hydrogen (secondary N) is 2. The molecule has 0 radical (unpaired) electrons. The minimum absolute atomic E-state index is 0.135. The fourth-order valence-corrected chi connectivity index (χ4v) is 3.98. The van der Waals surface area contributed by atoms with Gasteiger partial charge in [0.1, 0.15) is 21.7 Å². The minimum Gasteiger partial charge on any atom is -0.457 e. The number of hydrogen-bond acceptors (Lipinski definition) is 6. The summed E-state index contributed by atoms with van der Waals surface area (Å²) in [7, 11) is 0. The summed E-state index contributed by atoms with van der Waals surface area (Å²) in [6.45, 7) is 3.11. The van der Waals surface area contributed by atoms with Gasteiger partial charge in [-0.2, -0.15) is 0 Å². The van der Waals surface area contributed by atoms with Gasteiger partial charge in [0.25, 0.3) is 11.8 Å². The first-order valence-electron chi connectivity index (χ1n) is 9.20. The Kier molecular flexibility index (Phi) is 5.82. The van der Waals surface area contributed by atoms with Crippen LogP contribution < -0.4 is 10.6 Å². The topological polar surface area (TPSA) is 89.2 Å². The molecule has 2 amide bonds. The molecule has 7 nitrogen and oxygen atoms in total. The van der Waals surface area contributed by atoms with Crippen LogP contribution in [0, 0.1) is 6.92 Å². The molecule has 2 aromatic heterocycles. The third kappa shape index (κ3) is 4.52. The molecular weight excluding hydrogens is 420 g/mol. The van der Waals surface area contributed by atoms with Gasteiger partial charge in [0.2, 0.25) is 0 Å². The molecule has 1 aromatic carbocycles. The van der Waals surface area contributed by atoms with Crippen LogP contribution in [0.4, 0.5) is 0 Å². The zero-order valence-corrected chi connectivity index (χ0v) is 17.7. The Morgan fingerprint density at radius 2 is 2.10 bits per heavy atom. The summed E-state index contributed by atoms with van der Waals surface area (Å²) in [5.41, 5.74) is 1.41. The van der Waals surface area contributed by atoms with Crippen molar-refractivity contribution in [3.05, 3.63) is 70.8 Å². The van der Waals surface area contributed by atoms with E-state index in [0.29, 0.717) is 39.4 Å². The van der Waals surface area contributed by atoms with Crippen molar-refractivity contribution in [2.75, 3.05) is 6.54 Å². The van der Waals surface area contributed by atoms with Gasteiger partial charge < -0.3 is 19.6 Å². The first-order chi connectivity index (χ1) is 14.5. The highest BCUT2D eigenvalue weighted by Gasteiger charge is 2.22. The molecule has 30 heavy (non-hydrogen) atoms. The summed E-state index contributed by atoms with van der Waals surface area (Å²) < 4.78 is 8.23. The summed E-state index contributed by atoms with van der Waals surface area (Å²) >= 11 is 6.19. The number of aryl methyl sites for hydroxylation is 1. The van der Waals surface area contributed by atoms with Crippen LogP contribution in [0.5, 0.6) is 0 Å². The van der Waals surface area contributed by atoms with Crippen molar-refractivity contribution in [3.63, 3.8) is 0 Å². The maximum absolute atomic E-state index is 12.3. The fourth-order valence-electron chi connectivity index (χ4n) is 2.95. The van der Waals surface area contributed by atoms with Crippen LogP contribution >= 0.6 is 24.0 Å². The van der Waals surface area contributed by atoms with Gasteiger partial charge in [-0.25, -0.2) is 4.98 Å². The van der Waals surface area contributed by atoms with Crippen LogP contribution in [-0.2, 0) is 11.3 Å². The number of imidazole rings is 1. The number of amides is 2. The number of benzene rings is 1. The molecule has 0 aliphatic carbocycles. The molecular formula is C21H18N4O3S2. The molecule has 2 N–H and O–H groups in total. The summed E-state index contributed by atoms with van der Waals surface area (Å²) in [4.78, 5) is 28.8. The summed E-state index contributed by atoms with van der Waals surface area (Å²) in [6.07, 6.45) is 5.28. The fraction of sp³-hybridized carbons (Fsp3) is 0.143. The third-order valence-electron chi connectivity index (χ3n) is 4.54. The molecule has 0 unspecified atom stereocenters. The number of hydrogen-bond donors (Lipinski definition) is 2. The number of carbonyl (C=O) groups excluding carboxylic acids is 2. The third-order valence-corrected chi connectivity index (χ3v) is 5.70. The second kappa shape index (κ2) is 8.68. The maximum atomic E-state index is 12.3. The van der Waals surface area contributed by atoms with Crippen molar-refractivity contribution in [2.24, 2.45) is 0 Å². The molecule has 1 fully saturated rings. The predicted octanol–water partition coefficient (Wildman–Crippen LogP) is 3.37. The van der Waals surface area contributed by atoms with Crippen LogP contribution in [-0.4, -0.2) is 32.2 Å². The highest BCUT2D eigenvalue weighted by molar-refractivity contribution is 8.26. The summed E-state index contributed by atoms with van der Waals surface area (Å²) in [5, 5.41) is 5.48. The quantitative estimate of drug-likeness (QED) is 0.453. The van der Waals surface area contributed by atoms with Crippen LogP contribution in [0.15, 0.2) is 58.1 Å². The number of thioether (sulfide) groups is 1. The van der Waals surface area contributed by atoms with E-state index in [-0.39, 0.29) is 11.8 Å². The van der Waals surface area contributed by atoms with Crippen molar-refractivity contribution < 1.29 is 14.0 Å². The number of aromatic nitrogens is 2. The Morgan fingerprint density at radius 3 is 2.77 bits per heavy atom. The standard InChI is InChI=1S/C21H18N4O3S2/c1-13-22-8-10-25(13)11-9-23-19(26)15-4-2-14(3-5-15)17-7-6-16(28-17)12-18-20(27)24-21(29)30-18/h2-8,10,12H,9,11H2,1H3,(H,23,26)(H,24,27,29)/b18-12-. The Hall–Kier alpha value is -3.17. The van der Waals surface area contributed by atoms with Crippen LogP contribution in [0.3, 0.4) is 0 Å². The smallest absolute Gasteiger partial charge is 0.263 e. The van der Waals surface area contributed by atoms with Gasteiger partial charge in [-0.3, -0.25) is 9.59 Å². The lowest BCUT2D eigenvalue weighted by atomic mass is 10.1. The number of furan rings is 1. The first kappa shape index (κ1) is 20.1. The molecule has 3 aromatic rings. The van der Waals surface area contributed by atoms with Crippen molar-refractivity contribution in [1.29, 1.82) is 0 Å². The lowest BCUT2D eigenvalue weighted by molar-refractivity contribution is -0.115. The molecule has 4 rings (SSSR count). The maximum Gasteiger partial charge on any atom is 0.263 e. The second-order valence-corrected chi connectivity index (χ2v) is 8.27. The van der Waals surface area contributed by atoms with Crippen molar-refractivity contribution in [2.45, 2.75) is 13.5 Å². The zero-order valence-electron chi connectivity index (χ0n) is 16.0. The van der Waals surface area contributed by atoms with Gasteiger partial charge in [0.05, 0.1) is 4.91 Å². The monoisotopic (exact) mass is 438 g/mol. The lowest BCUT2D eigenvalue weighted by Crippen LogP contribution is -2.27. The van der Waals surface area contributed by atoms with Gasteiger partial charge in [-0.05, 0) is 31.2 Å². The SMILES string of the molecule is Cc1nccn1CCNC(=O)c1ccc(-c2ccc(/C=C3\SC(=S)NC3=O)o2)cc1. The molecule has 0 bridgehead atoms. The molecule has 0 saturated carbocycles. The van der Waals surface area contributed by atoms with Crippen LogP contribution in [0.1, 0.15) is 21.9 Å². The minimum atomic E-state index is -0.221. The molecule has 9 heteroatoms.